The highest BCUT2D eigenvalue weighted by atomic mass is 19.1. The van der Waals surface area contributed by atoms with Crippen molar-refractivity contribution < 1.29 is 9.18 Å². The van der Waals surface area contributed by atoms with Gasteiger partial charge in [-0.15, -0.1) is 5.10 Å². The highest BCUT2D eigenvalue weighted by Gasteiger charge is 2.24. The van der Waals surface area contributed by atoms with Gasteiger partial charge in [-0.05, 0) is 55.3 Å². The van der Waals surface area contributed by atoms with E-state index in [9.17, 15) is 14.0 Å². The zero-order chi connectivity index (χ0) is 21.3. The van der Waals surface area contributed by atoms with Crippen molar-refractivity contribution in [3.05, 3.63) is 87.5 Å². The molecule has 0 N–H and O–H groups in total. The molecule has 1 aliphatic heterocycles. The maximum absolute atomic E-state index is 13.9. The molecule has 2 heterocycles. The summed E-state index contributed by atoms with van der Waals surface area (Å²) < 4.78 is 15.3. The van der Waals surface area contributed by atoms with E-state index < -0.39 is 5.82 Å². The molecule has 30 heavy (non-hydrogen) atoms. The van der Waals surface area contributed by atoms with Crippen LogP contribution in [0.5, 0.6) is 0 Å². The van der Waals surface area contributed by atoms with Crippen molar-refractivity contribution in [2.45, 2.75) is 13.8 Å². The number of aromatic nitrogens is 2. The molecule has 1 aromatic heterocycles. The maximum atomic E-state index is 13.9. The first kappa shape index (κ1) is 19.8. The van der Waals surface area contributed by atoms with Crippen LogP contribution in [0.4, 0.5) is 10.2 Å². The standard InChI is InChI=1S/C23H23FN4O2/c1-16-7-8-18(15-17(16)2)28-22(29)10-9-21(25-28)26-11-13-27(14-12-26)23(30)19-5-3-4-6-20(19)24/h3-10,15H,11-14H2,1-2H3. The Balaban J connectivity index is 1.51. The van der Waals surface area contributed by atoms with E-state index in [4.69, 9.17) is 0 Å². The van der Waals surface area contributed by atoms with Crippen LogP contribution in [-0.4, -0.2) is 46.8 Å². The van der Waals surface area contributed by atoms with Crippen LogP contribution in [0.2, 0.25) is 0 Å². The van der Waals surface area contributed by atoms with Gasteiger partial charge in [-0.3, -0.25) is 9.59 Å². The average Bonchev–Trinajstić information content (AvgIpc) is 2.76. The largest absolute Gasteiger partial charge is 0.352 e. The van der Waals surface area contributed by atoms with Gasteiger partial charge in [-0.2, -0.15) is 4.68 Å². The van der Waals surface area contributed by atoms with Crippen LogP contribution in [0.25, 0.3) is 5.69 Å². The number of carbonyl (C=O) groups excluding carboxylic acids is 1. The summed E-state index contributed by atoms with van der Waals surface area (Å²) in [5.41, 5.74) is 2.85. The highest BCUT2D eigenvalue weighted by molar-refractivity contribution is 5.94. The van der Waals surface area contributed by atoms with E-state index in [1.165, 1.54) is 22.9 Å². The number of hydrogen-bond donors (Lipinski definition) is 0. The SMILES string of the molecule is Cc1ccc(-n2nc(N3CCN(C(=O)c4ccccc4F)CC3)ccc2=O)cc1C. The molecule has 3 aromatic rings. The van der Waals surface area contributed by atoms with Crippen LogP contribution in [-0.2, 0) is 0 Å². The number of anilines is 1. The zero-order valence-corrected chi connectivity index (χ0v) is 17.0. The second kappa shape index (κ2) is 8.10. The molecule has 1 saturated heterocycles. The third-order valence-electron chi connectivity index (χ3n) is 5.52. The van der Waals surface area contributed by atoms with Gasteiger partial charge in [-0.25, -0.2) is 4.39 Å². The summed E-state index contributed by atoms with van der Waals surface area (Å²) in [7, 11) is 0. The van der Waals surface area contributed by atoms with E-state index in [1.807, 2.05) is 36.9 Å². The molecule has 6 nitrogen and oxygen atoms in total. The molecule has 7 heteroatoms. The lowest BCUT2D eigenvalue weighted by atomic mass is 10.1. The van der Waals surface area contributed by atoms with Gasteiger partial charge >= 0.3 is 0 Å². The first-order chi connectivity index (χ1) is 14.4. The molecule has 1 amide bonds. The Labute approximate surface area is 174 Å². The van der Waals surface area contributed by atoms with Crippen molar-refractivity contribution in [2.75, 3.05) is 31.1 Å². The third-order valence-corrected chi connectivity index (χ3v) is 5.52. The molecule has 0 spiro atoms. The van der Waals surface area contributed by atoms with Crippen molar-refractivity contribution in [3.63, 3.8) is 0 Å². The molecule has 0 atom stereocenters. The fraction of sp³-hybridized carbons (Fsp3) is 0.261. The van der Waals surface area contributed by atoms with Crippen LogP contribution >= 0.6 is 0 Å². The first-order valence-electron chi connectivity index (χ1n) is 9.91. The average molecular weight is 406 g/mol. The number of aryl methyl sites for hydroxylation is 2. The fourth-order valence-corrected chi connectivity index (χ4v) is 3.56. The number of benzene rings is 2. The quantitative estimate of drug-likeness (QED) is 0.671. The second-order valence-corrected chi connectivity index (χ2v) is 7.47. The van der Waals surface area contributed by atoms with Crippen molar-refractivity contribution in [3.8, 4) is 5.69 Å². The molecule has 0 aliphatic carbocycles. The Kier molecular flexibility index (Phi) is 5.35. The van der Waals surface area contributed by atoms with E-state index in [0.29, 0.717) is 32.0 Å². The van der Waals surface area contributed by atoms with Crippen molar-refractivity contribution in [2.24, 2.45) is 0 Å². The molecule has 0 unspecified atom stereocenters. The lowest BCUT2D eigenvalue weighted by Gasteiger charge is -2.35. The minimum atomic E-state index is -0.507. The monoisotopic (exact) mass is 406 g/mol. The van der Waals surface area contributed by atoms with Crippen LogP contribution in [0.15, 0.2) is 59.4 Å². The number of carbonyl (C=O) groups is 1. The Bertz CT molecular complexity index is 1150. The van der Waals surface area contributed by atoms with Crippen LogP contribution in [0.1, 0.15) is 21.5 Å². The van der Waals surface area contributed by atoms with Gasteiger partial charge in [0.1, 0.15) is 11.6 Å². The number of hydrogen-bond acceptors (Lipinski definition) is 4. The lowest BCUT2D eigenvalue weighted by Crippen LogP contribution is -2.49. The summed E-state index contributed by atoms with van der Waals surface area (Å²) in [6, 6.07) is 15.0. The number of piperazine rings is 1. The molecule has 4 rings (SSSR count). The number of halogens is 1. The van der Waals surface area contributed by atoms with Gasteiger partial charge in [0, 0.05) is 32.2 Å². The topological polar surface area (TPSA) is 58.4 Å². The van der Waals surface area contributed by atoms with Gasteiger partial charge in [0.15, 0.2) is 0 Å². The van der Waals surface area contributed by atoms with E-state index in [-0.39, 0.29) is 17.0 Å². The lowest BCUT2D eigenvalue weighted by molar-refractivity contribution is 0.0741. The fourth-order valence-electron chi connectivity index (χ4n) is 3.56. The predicted octanol–water partition coefficient (Wildman–Crippen LogP) is 2.95. The van der Waals surface area contributed by atoms with Gasteiger partial charge < -0.3 is 9.80 Å². The Morgan fingerprint density at radius 2 is 1.67 bits per heavy atom. The van der Waals surface area contributed by atoms with E-state index in [1.54, 1.807) is 23.1 Å². The maximum Gasteiger partial charge on any atom is 0.271 e. The molecule has 0 bridgehead atoms. The number of nitrogens with zero attached hydrogens (tertiary/aromatic N) is 4. The molecule has 0 radical (unpaired) electrons. The molecule has 1 aliphatic rings. The Morgan fingerprint density at radius 3 is 2.37 bits per heavy atom. The molecule has 0 saturated carbocycles. The minimum absolute atomic E-state index is 0.0902. The molecular weight excluding hydrogens is 383 g/mol. The smallest absolute Gasteiger partial charge is 0.271 e. The summed E-state index contributed by atoms with van der Waals surface area (Å²) in [6.45, 7) is 6.04. The van der Waals surface area contributed by atoms with Gasteiger partial charge in [-0.1, -0.05) is 18.2 Å². The molecular formula is C23H23FN4O2. The molecule has 154 valence electrons. The summed E-state index contributed by atoms with van der Waals surface area (Å²) in [5.74, 6) is -0.140. The summed E-state index contributed by atoms with van der Waals surface area (Å²) >= 11 is 0. The van der Waals surface area contributed by atoms with Crippen molar-refractivity contribution >= 4 is 11.7 Å². The second-order valence-electron chi connectivity index (χ2n) is 7.47. The normalized spacial score (nSPS) is 14.1. The number of amides is 1. The van der Waals surface area contributed by atoms with Crippen LogP contribution < -0.4 is 10.5 Å². The molecule has 1 fully saturated rings. The Morgan fingerprint density at radius 1 is 0.933 bits per heavy atom. The molecule has 2 aromatic carbocycles. The summed E-state index contributed by atoms with van der Waals surface area (Å²) in [6.07, 6.45) is 0. The third kappa shape index (κ3) is 3.83. The number of rotatable bonds is 3. The van der Waals surface area contributed by atoms with Crippen molar-refractivity contribution in [1.29, 1.82) is 0 Å². The predicted molar refractivity (Wildman–Crippen MR) is 114 cm³/mol. The van der Waals surface area contributed by atoms with Crippen LogP contribution in [0.3, 0.4) is 0 Å². The summed E-state index contributed by atoms with van der Waals surface area (Å²) in [4.78, 5) is 28.7. The summed E-state index contributed by atoms with van der Waals surface area (Å²) in [5, 5.41) is 4.55. The van der Waals surface area contributed by atoms with E-state index in [0.717, 1.165) is 16.8 Å². The van der Waals surface area contributed by atoms with Gasteiger partial charge in [0.05, 0.1) is 11.3 Å². The van der Waals surface area contributed by atoms with E-state index in [2.05, 4.69) is 5.10 Å². The zero-order valence-electron chi connectivity index (χ0n) is 17.0. The van der Waals surface area contributed by atoms with Crippen molar-refractivity contribution in [1.82, 2.24) is 14.7 Å². The minimum Gasteiger partial charge on any atom is -0.352 e. The van der Waals surface area contributed by atoms with E-state index >= 15 is 0 Å². The van der Waals surface area contributed by atoms with Gasteiger partial charge in [0.2, 0.25) is 0 Å². The first-order valence-corrected chi connectivity index (χ1v) is 9.91. The highest BCUT2D eigenvalue weighted by Crippen LogP contribution is 2.17. The Hall–Kier alpha value is -3.48. The van der Waals surface area contributed by atoms with Crippen LogP contribution in [0, 0.1) is 19.7 Å². The van der Waals surface area contributed by atoms with Gasteiger partial charge in [0.25, 0.3) is 11.5 Å².